The summed E-state index contributed by atoms with van der Waals surface area (Å²) in [5.74, 6) is -0.678. The van der Waals surface area contributed by atoms with Crippen LogP contribution >= 0.6 is 0 Å². The first-order valence-electron chi connectivity index (χ1n) is 8.04. The van der Waals surface area contributed by atoms with Crippen LogP contribution in [0.5, 0.6) is 0 Å². The molecule has 0 aliphatic carbocycles. The van der Waals surface area contributed by atoms with Crippen molar-refractivity contribution in [1.82, 2.24) is 14.9 Å². The van der Waals surface area contributed by atoms with Crippen molar-refractivity contribution >= 4 is 12.1 Å². The van der Waals surface area contributed by atoms with E-state index in [0.717, 1.165) is 0 Å². The highest BCUT2D eigenvalue weighted by molar-refractivity contribution is 5.81. The van der Waals surface area contributed by atoms with Gasteiger partial charge in [-0.05, 0) is 27.2 Å². The molecule has 1 amide bonds. The predicted octanol–water partition coefficient (Wildman–Crippen LogP) is 2.83. The highest BCUT2D eigenvalue weighted by atomic mass is 19.4. The van der Waals surface area contributed by atoms with E-state index in [0.29, 0.717) is 5.69 Å². The van der Waals surface area contributed by atoms with Gasteiger partial charge in [-0.2, -0.15) is 13.2 Å². The van der Waals surface area contributed by atoms with E-state index in [2.05, 4.69) is 15.0 Å². The van der Waals surface area contributed by atoms with Gasteiger partial charge >= 0.3 is 18.2 Å². The molecule has 1 rings (SSSR count). The molecule has 1 aromatic rings. The van der Waals surface area contributed by atoms with E-state index < -0.39 is 36.3 Å². The zero-order valence-corrected chi connectivity index (χ0v) is 15.2. The van der Waals surface area contributed by atoms with Crippen molar-refractivity contribution in [2.75, 3.05) is 7.11 Å². The van der Waals surface area contributed by atoms with Crippen molar-refractivity contribution in [1.29, 1.82) is 0 Å². The number of rotatable bonds is 7. The van der Waals surface area contributed by atoms with Crippen LogP contribution in [0.3, 0.4) is 0 Å². The van der Waals surface area contributed by atoms with E-state index in [4.69, 9.17) is 4.74 Å². The number of halogens is 3. The summed E-state index contributed by atoms with van der Waals surface area (Å²) in [5, 5.41) is 2.41. The van der Waals surface area contributed by atoms with Crippen molar-refractivity contribution in [3.8, 4) is 0 Å². The molecule has 1 aromatic heterocycles. The van der Waals surface area contributed by atoms with Crippen LogP contribution in [-0.2, 0) is 27.2 Å². The quantitative estimate of drug-likeness (QED) is 0.737. The van der Waals surface area contributed by atoms with Gasteiger partial charge in [-0.25, -0.2) is 14.6 Å². The Morgan fingerprint density at radius 2 is 1.96 bits per heavy atom. The minimum absolute atomic E-state index is 0.0260. The van der Waals surface area contributed by atoms with Crippen molar-refractivity contribution in [3.05, 3.63) is 18.2 Å². The Labute approximate surface area is 149 Å². The summed E-state index contributed by atoms with van der Waals surface area (Å²) in [4.78, 5) is 27.8. The zero-order valence-electron chi connectivity index (χ0n) is 15.2. The number of hydrogen-bond acceptors (Lipinski definition) is 5. The molecule has 1 heterocycles. The molecule has 0 aliphatic rings. The normalized spacial score (nSPS) is 13.2. The lowest BCUT2D eigenvalue weighted by Crippen LogP contribution is -2.45. The Bertz CT molecular complexity index is 609. The summed E-state index contributed by atoms with van der Waals surface area (Å²) >= 11 is 0. The maximum absolute atomic E-state index is 12.2. The fourth-order valence-electron chi connectivity index (χ4n) is 2.09. The van der Waals surface area contributed by atoms with E-state index >= 15 is 0 Å². The lowest BCUT2D eigenvalue weighted by atomic mass is 10.1. The van der Waals surface area contributed by atoms with E-state index in [-0.39, 0.29) is 19.4 Å². The summed E-state index contributed by atoms with van der Waals surface area (Å²) in [5.41, 5.74) is -0.298. The lowest BCUT2D eigenvalue weighted by molar-refractivity contribution is -0.143. The molecule has 0 aromatic carbocycles. The molecule has 0 spiro atoms. The van der Waals surface area contributed by atoms with Crippen LogP contribution in [0.2, 0.25) is 0 Å². The average Bonchev–Trinajstić information content (AvgIpc) is 2.90. The Kier molecular flexibility index (Phi) is 7.46. The maximum atomic E-state index is 12.2. The second kappa shape index (κ2) is 8.91. The molecule has 0 fully saturated rings. The van der Waals surface area contributed by atoms with Gasteiger partial charge in [-0.15, -0.1) is 0 Å². The Morgan fingerprint density at radius 1 is 1.31 bits per heavy atom. The topological polar surface area (TPSA) is 82.5 Å². The number of nitrogens with zero attached hydrogens (tertiary/aromatic N) is 2. The summed E-state index contributed by atoms with van der Waals surface area (Å²) in [6.45, 7) is 5.20. The van der Waals surface area contributed by atoms with Crippen LogP contribution in [0.15, 0.2) is 12.5 Å². The minimum atomic E-state index is -4.20. The lowest BCUT2D eigenvalue weighted by Gasteiger charge is -2.22. The first-order valence-corrected chi connectivity index (χ1v) is 8.04. The summed E-state index contributed by atoms with van der Waals surface area (Å²) < 4.78 is 47.8. The molecule has 1 N–H and O–H groups in total. The number of alkyl carbamates (subject to hydrolysis) is 1. The van der Waals surface area contributed by atoms with Gasteiger partial charge in [-0.3, -0.25) is 0 Å². The summed E-state index contributed by atoms with van der Waals surface area (Å²) in [6, 6.07) is -1.02. The number of nitrogens with one attached hydrogen (secondary N) is 1. The SMILES string of the molecule is COC(=O)C(Cc1cn(CCCC(F)(F)F)cn1)NC(=O)OC(C)(C)C. The number of methoxy groups -OCH3 is 1. The number of hydrogen-bond donors (Lipinski definition) is 1. The second-order valence-corrected chi connectivity index (χ2v) is 6.75. The summed E-state index contributed by atoms with van der Waals surface area (Å²) in [6.07, 6.45) is -3.00. The van der Waals surface area contributed by atoms with E-state index in [9.17, 15) is 22.8 Å². The Hall–Kier alpha value is -2.26. The predicted molar refractivity (Wildman–Crippen MR) is 86.4 cm³/mol. The maximum Gasteiger partial charge on any atom is 0.408 e. The van der Waals surface area contributed by atoms with E-state index in [1.54, 1.807) is 20.8 Å². The van der Waals surface area contributed by atoms with Crippen LogP contribution < -0.4 is 5.32 Å². The molecule has 10 heteroatoms. The second-order valence-electron chi connectivity index (χ2n) is 6.75. The molecule has 148 valence electrons. The molecule has 7 nitrogen and oxygen atoms in total. The van der Waals surface area contributed by atoms with E-state index in [1.807, 2.05) is 0 Å². The number of carbonyl (C=O) groups excluding carboxylic acids is 2. The standard InChI is InChI=1S/C16H24F3N3O4/c1-15(2,3)26-14(24)21-12(13(23)25-4)8-11-9-22(10-20-11)7-5-6-16(17,18)19/h9-10,12H,5-8H2,1-4H3,(H,21,24). The van der Waals surface area contributed by atoms with Crippen molar-refractivity contribution in [2.24, 2.45) is 0 Å². The molecule has 0 bridgehead atoms. The molecule has 1 unspecified atom stereocenters. The number of amides is 1. The number of carbonyl (C=O) groups is 2. The molecule has 0 saturated carbocycles. The number of ether oxygens (including phenoxy) is 2. The number of alkyl halides is 3. The number of imidazole rings is 1. The third-order valence-corrected chi connectivity index (χ3v) is 3.15. The van der Waals surface area contributed by atoms with Crippen molar-refractivity contribution < 1.29 is 32.2 Å². The van der Waals surface area contributed by atoms with Crippen molar-refractivity contribution in [2.45, 2.75) is 64.4 Å². The van der Waals surface area contributed by atoms with Crippen LogP contribution in [0, 0.1) is 0 Å². The zero-order chi connectivity index (χ0) is 20.0. The Morgan fingerprint density at radius 3 is 2.50 bits per heavy atom. The average molecular weight is 379 g/mol. The number of aryl methyl sites for hydroxylation is 1. The molecule has 1 atom stereocenters. The third-order valence-electron chi connectivity index (χ3n) is 3.15. The summed E-state index contributed by atoms with van der Waals surface area (Å²) in [7, 11) is 1.18. The van der Waals surface area contributed by atoms with E-state index in [1.165, 1.54) is 24.2 Å². The van der Waals surface area contributed by atoms with Crippen LogP contribution in [-0.4, -0.2) is 46.5 Å². The number of aromatic nitrogens is 2. The fraction of sp³-hybridized carbons (Fsp3) is 0.688. The molecule has 0 radical (unpaired) electrons. The number of esters is 1. The van der Waals surface area contributed by atoms with Crippen LogP contribution in [0.25, 0.3) is 0 Å². The van der Waals surface area contributed by atoms with Gasteiger partial charge in [0.15, 0.2) is 0 Å². The first-order chi connectivity index (χ1) is 11.9. The Balaban J connectivity index is 2.65. The highest BCUT2D eigenvalue weighted by Gasteiger charge is 2.27. The molecular weight excluding hydrogens is 355 g/mol. The van der Waals surface area contributed by atoms with Gasteiger partial charge in [0.25, 0.3) is 0 Å². The largest absolute Gasteiger partial charge is 0.467 e. The van der Waals surface area contributed by atoms with Gasteiger partial charge < -0.3 is 19.4 Å². The van der Waals surface area contributed by atoms with Crippen LogP contribution in [0.4, 0.5) is 18.0 Å². The molecule has 26 heavy (non-hydrogen) atoms. The van der Waals surface area contributed by atoms with Crippen LogP contribution in [0.1, 0.15) is 39.3 Å². The first kappa shape index (κ1) is 21.8. The van der Waals surface area contributed by atoms with Gasteiger partial charge in [0.1, 0.15) is 11.6 Å². The molecule has 0 saturated heterocycles. The highest BCUT2D eigenvalue weighted by Crippen LogP contribution is 2.21. The van der Waals surface area contributed by atoms with Gasteiger partial charge in [0, 0.05) is 25.6 Å². The van der Waals surface area contributed by atoms with Gasteiger partial charge in [0.05, 0.1) is 19.1 Å². The molecule has 0 aliphatic heterocycles. The minimum Gasteiger partial charge on any atom is -0.467 e. The fourth-order valence-corrected chi connectivity index (χ4v) is 2.09. The molecular formula is C16H24F3N3O4. The monoisotopic (exact) mass is 379 g/mol. The van der Waals surface area contributed by atoms with Gasteiger partial charge in [0.2, 0.25) is 0 Å². The van der Waals surface area contributed by atoms with Gasteiger partial charge in [-0.1, -0.05) is 0 Å². The van der Waals surface area contributed by atoms with Crippen molar-refractivity contribution in [3.63, 3.8) is 0 Å². The third kappa shape index (κ3) is 8.72. The smallest absolute Gasteiger partial charge is 0.408 e.